The van der Waals surface area contributed by atoms with Gasteiger partial charge in [0.25, 0.3) is 0 Å². The third kappa shape index (κ3) is 2.57. The van der Waals surface area contributed by atoms with E-state index in [2.05, 4.69) is 41.2 Å². The second-order valence-electron chi connectivity index (χ2n) is 5.80. The van der Waals surface area contributed by atoms with Crippen molar-refractivity contribution in [1.82, 2.24) is 15.2 Å². The third-order valence-electron chi connectivity index (χ3n) is 4.18. The Morgan fingerprint density at radius 1 is 1.28 bits per heavy atom. The van der Waals surface area contributed by atoms with Crippen molar-refractivity contribution in [1.29, 1.82) is 0 Å². The molecule has 100 valence electrons. The van der Waals surface area contributed by atoms with E-state index in [9.17, 15) is 0 Å². The standard InChI is InChI=1S/C15H25N3/c1-12-7-8-13(11-17-12)14(16-4)15(2,3)18-9-5-6-10-18/h7-8,11,14,16H,5-6,9-10H2,1-4H3. The van der Waals surface area contributed by atoms with Gasteiger partial charge in [0.05, 0.1) is 6.04 Å². The number of nitrogens with zero attached hydrogens (tertiary/aromatic N) is 2. The van der Waals surface area contributed by atoms with Gasteiger partial charge in [-0.25, -0.2) is 0 Å². The summed E-state index contributed by atoms with van der Waals surface area (Å²) in [4.78, 5) is 7.02. The second kappa shape index (κ2) is 5.37. The molecule has 3 nitrogen and oxygen atoms in total. The van der Waals surface area contributed by atoms with Crippen LogP contribution in [0.3, 0.4) is 0 Å². The summed E-state index contributed by atoms with van der Waals surface area (Å²) in [5.41, 5.74) is 2.48. The third-order valence-corrected chi connectivity index (χ3v) is 4.18. The minimum Gasteiger partial charge on any atom is -0.311 e. The van der Waals surface area contributed by atoms with Gasteiger partial charge < -0.3 is 5.32 Å². The zero-order valence-electron chi connectivity index (χ0n) is 12.0. The lowest BCUT2D eigenvalue weighted by Gasteiger charge is -2.42. The highest BCUT2D eigenvalue weighted by atomic mass is 15.2. The Morgan fingerprint density at radius 2 is 1.94 bits per heavy atom. The highest BCUT2D eigenvalue weighted by molar-refractivity contribution is 5.21. The van der Waals surface area contributed by atoms with Crippen molar-refractivity contribution < 1.29 is 0 Å². The van der Waals surface area contributed by atoms with Crippen molar-refractivity contribution in [3.05, 3.63) is 29.6 Å². The summed E-state index contributed by atoms with van der Waals surface area (Å²) in [5.74, 6) is 0. The van der Waals surface area contributed by atoms with Crippen molar-refractivity contribution >= 4 is 0 Å². The average molecular weight is 247 g/mol. The Labute approximate surface area is 111 Å². The van der Waals surface area contributed by atoms with Gasteiger partial charge in [-0.2, -0.15) is 0 Å². The Morgan fingerprint density at radius 3 is 2.44 bits per heavy atom. The van der Waals surface area contributed by atoms with Gasteiger partial charge in [-0.3, -0.25) is 9.88 Å². The van der Waals surface area contributed by atoms with Crippen LogP contribution < -0.4 is 5.32 Å². The van der Waals surface area contributed by atoms with Crippen LogP contribution in [0.25, 0.3) is 0 Å². The molecule has 1 aromatic rings. The predicted molar refractivity (Wildman–Crippen MR) is 75.7 cm³/mol. The number of aromatic nitrogens is 1. The molecule has 1 N–H and O–H groups in total. The minimum atomic E-state index is 0.127. The molecule has 0 amide bonds. The largest absolute Gasteiger partial charge is 0.311 e. The van der Waals surface area contributed by atoms with Gasteiger partial charge in [0.2, 0.25) is 0 Å². The van der Waals surface area contributed by atoms with E-state index in [-0.39, 0.29) is 5.54 Å². The van der Waals surface area contributed by atoms with Crippen LogP contribution in [0.4, 0.5) is 0 Å². The Kier molecular flexibility index (Phi) is 4.03. The SMILES string of the molecule is CNC(c1ccc(C)nc1)C(C)(C)N1CCCC1. The summed E-state index contributed by atoms with van der Waals surface area (Å²) in [6, 6.07) is 4.62. The van der Waals surface area contributed by atoms with E-state index in [1.807, 2.05) is 20.2 Å². The normalized spacial score (nSPS) is 19.1. The van der Waals surface area contributed by atoms with Crippen LogP contribution in [0.15, 0.2) is 18.3 Å². The van der Waals surface area contributed by atoms with Crippen molar-refractivity contribution in [2.45, 2.75) is 45.2 Å². The Bertz CT molecular complexity index is 377. The van der Waals surface area contributed by atoms with Crippen LogP contribution >= 0.6 is 0 Å². The van der Waals surface area contributed by atoms with Crippen molar-refractivity contribution in [3.8, 4) is 0 Å². The fourth-order valence-corrected chi connectivity index (χ4v) is 3.05. The van der Waals surface area contributed by atoms with Crippen LogP contribution in [0.5, 0.6) is 0 Å². The second-order valence-corrected chi connectivity index (χ2v) is 5.80. The van der Waals surface area contributed by atoms with Gasteiger partial charge in [-0.15, -0.1) is 0 Å². The maximum atomic E-state index is 4.43. The molecule has 0 spiro atoms. The fraction of sp³-hybridized carbons (Fsp3) is 0.667. The van der Waals surface area contributed by atoms with E-state index < -0.39 is 0 Å². The van der Waals surface area contributed by atoms with E-state index >= 15 is 0 Å². The summed E-state index contributed by atoms with van der Waals surface area (Å²) in [5, 5.41) is 3.47. The monoisotopic (exact) mass is 247 g/mol. The lowest BCUT2D eigenvalue weighted by atomic mass is 9.88. The van der Waals surface area contributed by atoms with Gasteiger partial charge in [0.15, 0.2) is 0 Å². The molecule has 0 aliphatic carbocycles. The number of rotatable bonds is 4. The molecule has 2 rings (SSSR count). The van der Waals surface area contributed by atoms with E-state index in [1.165, 1.54) is 31.5 Å². The molecule has 1 unspecified atom stereocenters. The molecule has 1 aliphatic rings. The maximum absolute atomic E-state index is 4.43. The molecule has 0 bridgehead atoms. The topological polar surface area (TPSA) is 28.2 Å². The Hall–Kier alpha value is -0.930. The molecule has 1 aliphatic heterocycles. The van der Waals surface area contributed by atoms with Crippen molar-refractivity contribution in [3.63, 3.8) is 0 Å². The van der Waals surface area contributed by atoms with Crippen molar-refractivity contribution in [2.75, 3.05) is 20.1 Å². The molecule has 18 heavy (non-hydrogen) atoms. The number of likely N-dealkylation sites (tertiary alicyclic amines) is 1. The van der Waals surface area contributed by atoms with E-state index in [1.54, 1.807) is 0 Å². The number of pyridine rings is 1. The molecular formula is C15H25N3. The number of hydrogen-bond acceptors (Lipinski definition) is 3. The number of aryl methyl sites for hydroxylation is 1. The number of hydrogen-bond donors (Lipinski definition) is 1. The first-order valence-electron chi connectivity index (χ1n) is 6.90. The number of likely N-dealkylation sites (N-methyl/N-ethyl adjacent to an activating group) is 1. The average Bonchev–Trinajstić information content (AvgIpc) is 2.86. The Balaban J connectivity index is 2.23. The molecule has 3 heteroatoms. The summed E-state index contributed by atoms with van der Waals surface area (Å²) >= 11 is 0. The van der Waals surface area contributed by atoms with Gasteiger partial charge in [0.1, 0.15) is 0 Å². The van der Waals surface area contributed by atoms with Crippen LogP contribution in [-0.2, 0) is 0 Å². The summed E-state index contributed by atoms with van der Waals surface area (Å²) in [6.07, 6.45) is 4.66. The zero-order valence-corrected chi connectivity index (χ0v) is 12.0. The van der Waals surface area contributed by atoms with Crippen LogP contribution in [0, 0.1) is 6.92 Å². The van der Waals surface area contributed by atoms with Gasteiger partial charge in [-0.05, 0) is 65.4 Å². The molecular weight excluding hydrogens is 222 g/mol. The van der Waals surface area contributed by atoms with Gasteiger partial charge >= 0.3 is 0 Å². The fourth-order valence-electron chi connectivity index (χ4n) is 3.05. The molecule has 1 atom stereocenters. The smallest absolute Gasteiger partial charge is 0.0514 e. The van der Waals surface area contributed by atoms with Crippen LogP contribution in [0.1, 0.15) is 44.0 Å². The highest BCUT2D eigenvalue weighted by Gasteiger charge is 2.36. The van der Waals surface area contributed by atoms with E-state index in [4.69, 9.17) is 0 Å². The first-order valence-corrected chi connectivity index (χ1v) is 6.90. The lowest BCUT2D eigenvalue weighted by Crippen LogP contribution is -2.50. The molecule has 0 saturated carbocycles. The lowest BCUT2D eigenvalue weighted by molar-refractivity contribution is 0.110. The molecule has 0 aromatic carbocycles. The zero-order chi connectivity index (χ0) is 13.2. The summed E-state index contributed by atoms with van der Waals surface area (Å²) < 4.78 is 0. The number of nitrogens with one attached hydrogen (secondary N) is 1. The molecule has 1 fully saturated rings. The van der Waals surface area contributed by atoms with E-state index in [0.29, 0.717) is 6.04 Å². The highest BCUT2D eigenvalue weighted by Crippen LogP contribution is 2.33. The molecule has 2 heterocycles. The van der Waals surface area contributed by atoms with Crippen LogP contribution in [0.2, 0.25) is 0 Å². The summed E-state index contributed by atoms with van der Waals surface area (Å²) in [7, 11) is 2.04. The minimum absolute atomic E-state index is 0.127. The maximum Gasteiger partial charge on any atom is 0.0514 e. The molecule has 0 radical (unpaired) electrons. The quantitative estimate of drug-likeness (QED) is 0.886. The van der Waals surface area contributed by atoms with Gasteiger partial charge in [0, 0.05) is 17.4 Å². The molecule has 1 saturated heterocycles. The van der Waals surface area contributed by atoms with E-state index in [0.717, 1.165) is 5.69 Å². The van der Waals surface area contributed by atoms with Crippen molar-refractivity contribution in [2.24, 2.45) is 0 Å². The summed E-state index contributed by atoms with van der Waals surface area (Å²) in [6.45, 7) is 9.12. The predicted octanol–water partition coefficient (Wildman–Crippen LogP) is 2.52. The van der Waals surface area contributed by atoms with Gasteiger partial charge in [-0.1, -0.05) is 6.07 Å². The molecule has 1 aromatic heterocycles. The first-order chi connectivity index (χ1) is 8.55. The van der Waals surface area contributed by atoms with Crippen LogP contribution in [-0.4, -0.2) is 35.6 Å². The first kappa shape index (κ1) is 13.5.